The lowest BCUT2D eigenvalue weighted by Gasteiger charge is -2.36. The number of imidazole rings is 1. The Bertz CT molecular complexity index is 1060. The molecule has 1 saturated carbocycles. The summed E-state index contributed by atoms with van der Waals surface area (Å²) in [5, 5.41) is 11.3. The van der Waals surface area contributed by atoms with Crippen molar-refractivity contribution < 1.29 is 19.3 Å². The van der Waals surface area contributed by atoms with E-state index in [0.717, 1.165) is 5.56 Å². The Labute approximate surface area is 178 Å². The Balaban J connectivity index is 1.51. The van der Waals surface area contributed by atoms with Crippen LogP contribution in [0.5, 0.6) is 0 Å². The first-order valence-corrected chi connectivity index (χ1v) is 10.3. The van der Waals surface area contributed by atoms with E-state index in [-0.39, 0.29) is 17.9 Å². The summed E-state index contributed by atoms with van der Waals surface area (Å²) in [4.78, 5) is 12.7. The minimum atomic E-state index is -0.900. The van der Waals surface area contributed by atoms with E-state index in [0.29, 0.717) is 24.2 Å². The summed E-state index contributed by atoms with van der Waals surface area (Å²) in [7, 11) is 0. The molecule has 158 valence electrons. The molecule has 1 aliphatic heterocycles. The highest BCUT2D eigenvalue weighted by atomic mass is 35.5. The van der Waals surface area contributed by atoms with Gasteiger partial charge in [0.05, 0.1) is 37.8 Å². The molecule has 2 aromatic heterocycles. The minimum absolute atomic E-state index is 0.246. The Hall–Kier alpha value is -2.10. The van der Waals surface area contributed by atoms with Gasteiger partial charge in [0.2, 0.25) is 0 Å². The zero-order valence-corrected chi connectivity index (χ0v) is 17.5. The summed E-state index contributed by atoms with van der Waals surface area (Å²) >= 11 is 6.19. The molecule has 1 saturated heterocycles. The van der Waals surface area contributed by atoms with Crippen LogP contribution < -0.4 is 0 Å². The van der Waals surface area contributed by atoms with Crippen molar-refractivity contribution in [3.63, 3.8) is 0 Å². The van der Waals surface area contributed by atoms with Gasteiger partial charge < -0.3 is 23.9 Å². The first kappa shape index (κ1) is 19.8. The maximum Gasteiger partial charge on any atom is 0.165 e. The molecule has 5 rings (SSSR count). The monoisotopic (exact) mass is 430 g/mol. The Morgan fingerprint density at radius 2 is 2.03 bits per heavy atom. The van der Waals surface area contributed by atoms with E-state index in [4.69, 9.17) is 25.8 Å². The molecule has 30 heavy (non-hydrogen) atoms. The predicted molar refractivity (Wildman–Crippen MR) is 109 cm³/mol. The molecule has 1 aliphatic carbocycles. The van der Waals surface area contributed by atoms with Crippen LogP contribution in [0.3, 0.4) is 0 Å². The van der Waals surface area contributed by atoms with Gasteiger partial charge in [0.25, 0.3) is 0 Å². The van der Waals surface area contributed by atoms with Crippen LogP contribution in [0.25, 0.3) is 11.2 Å². The number of hydrogen-bond acceptors (Lipinski definition) is 7. The molecule has 0 bridgehead atoms. The van der Waals surface area contributed by atoms with Crippen LogP contribution in [-0.2, 0) is 20.8 Å². The van der Waals surface area contributed by atoms with Crippen LogP contribution in [0, 0.1) is 0 Å². The molecule has 1 aromatic carbocycles. The minimum Gasteiger partial charge on any atom is -0.391 e. The molecule has 2 aliphatic rings. The van der Waals surface area contributed by atoms with Crippen molar-refractivity contribution in [2.45, 2.75) is 56.5 Å². The number of ether oxygens (including phenoxy) is 3. The lowest BCUT2D eigenvalue weighted by Crippen LogP contribution is -2.49. The van der Waals surface area contributed by atoms with E-state index in [1.54, 1.807) is 6.33 Å². The van der Waals surface area contributed by atoms with Gasteiger partial charge in [-0.1, -0.05) is 41.9 Å². The second kappa shape index (κ2) is 7.25. The average molecular weight is 431 g/mol. The lowest BCUT2D eigenvalue weighted by atomic mass is 9.95. The fraction of sp³-hybridized carbons (Fsp3) is 0.476. The second-order valence-corrected chi connectivity index (χ2v) is 8.64. The highest BCUT2D eigenvalue weighted by molar-refractivity contribution is 6.33. The van der Waals surface area contributed by atoms with Crippen molar-refractivity contribution in [3.05, 3.63) is 53.7 Å². The number of fused-ring (bicyclic) bond motifs is 2. The lowest BCUT2D eigenvalue weighted by molar-refractivity contribution is -0.196. The smallest absolute Gasteiger partial charge is 0.165 e. The number of halogens is 1. The van der Waals surface area contributed by atoms with Gasteiger partial charge in [-0.3, -0.25) is 0 Å². The largest absolute Gasteiger partial charge is 0.391 e. The Kier molecular flexibility index (Phi) is 4.79. The normalized spacial score (nSPS) is 30.1. The van der Waals surface area contributed by atoms with Crippen LogP contribution >= 0.6 is 11.6 Å². The standard InChI is InChI=1S/C21H23ClN4O4/c1-20(2)29-15-8-14(27)17(26-12-25-16-18(22)23-11-24-19(16)26)21(15,30-20)10-28-9-13-6-4-3-5-7-13/h3-7,11-12,14-15,17,27H,8-10H2,1-2H3/t14-,15+,17+,21-/m0/s1. The summed E-state index contributed by atoms with van der Waals surface area (Å²) in [6.45, 7) is 4.42. The van der Waals surface area contributed by atoms with Crippen LogP contribution in [-0.4, -0.2) is 54.8 Å². The number of benzene rings is 1. The summed E-state index contributed by atoms with van der Waals surface area (Å²) in [6, 6.07) is 9.43. The molecule has 0 radical (unpaired) electrons. The summed E-state index contributed by atoms with van der Waals surface area (Å²) in [5.41, 5.74) is 1.18. The van der Waals surface area contributed by atoms with Crippen LogP contribution in [0.1, 0.15) is 31.9 Å². The Morgan fingerprint density at radius 1 is 1.23 bits per heavy atom. The number of aliphatic hydroxyl groups excluding tert-OH is 1. The fourth-order valence-corrected chi connectivity index (χ4v) is 4.90. The predicted octanol–water partition coefficient (Wildman–Crippen LogP) is 2.89. The van der Waals surface area contributed by atoms with E-state index in [1.807, 2.05) is 48.7 Å². The molecule has 0 unspecified atom stereocenters. The molecule has 8 nitrogen and oxygen atoms in total. The maximum atomic E-state index is 11.0. The zero-order chi connectivity index (χ0) is 20.9. The first-order chi connectivity index (χ1) is 14.4. The summed E-state index contributed by atoms with van der Waals surface area (Å²) in [5.74, 6) is -0.803. The number of hydrogen-bond donors (Lipinski definition) is 1. The average Bonchev–Trinajstić information content (AvgIpc) is 3.30. The van der Waals surface area contributed by atoms with Crippen molar-refractivity contribution in [1.82, 2.24) is 19.5 Å². The van der Waals surface area contributed by atoms with E-state index in [1.165, 1.54) is 6.33 Å². The van der Waals surface area contributed by atoms with Crippen molar-refractivity contribution in [2.75, 3.05) is 6.61 Å². The van der Waals surface area contributed by atoms with Crippen molar-refractivity contribution in [1.29, 1.82) is 0 Å². The first-order valence-electron chi connectivity index (χ1n) is 9.90. The number of nitrogens with zero attached hydrogens (tertiary/aromatic N) is 4. The maximum absolute atomic E-state index is 11.0. The third kappa shape index (κ3) is 3.19. The van der Waals surface area contributed by atoms with Gasteiger partial charge in [-0.05, 0) is 19.4 Å². The van der Waals surface area contributed by atoms with Crippen LogP contribution in [0.2, 0.25) is 5.15 Å². The SMILES string of the molecule is CC1(C)O[C@@H]2C[C@H](O)[C@@H](n3cnc4c(Cl)ncnc43)[C@@]2(COCc2ccccc2)O1. The quantitative estimate of drug-likeness (QED) is 0.622. The van der Waals surface area contributed by atoms with Crippen molar-refractivity contribution in [2.24, 2.45) is 0 Å². The molecule has 3 heterocycles. The third-order valence-electron chi connectivity index (χ3n) is 5.78. The molecule has 9 heteroatoms. The van der Waals surface area contributed by atoms with Gasteiger partial charge in [-0.15, -0.1) is 0 Å². The van der Waals surface area contributed by atoms with Gasteiger partial charge >= 0.3 is 0 Å². The summed E-state index contributed by atoms with van der Waals surface area (Å²) < 4.78 is 20.5. The van der Waals surface area contributed by atoms with Gasteiger partial charge in [0, 0.05) is 6.42 Å². The molecule has 1 N–H and O–H groups in total. The van der Waals surface area contributed by atoms with Crippen molar-refractivity contribution >= 4 is 22.8 Å². The van der Waals surface area contributed by atoms with Crippen LogP contribution in [0.15, 0.2) is 43.0 Å². The molecule has 3 aromatic rings. The van der Waals surface area contributed by atoms with E-state index < -0.39 is 23.5 Å². The van der Waals surface area contributed by atoms with Gasteiger partial charge in [0.15, 0.2) is 16.6 Å². The third-order valence-corrected chi connectivity index (χ3v) is 6.06. The topological polar surface area (TPSA) is 91.5 Å². The van der Waals surface area contributed by atoms with Gasteiger partial charge in [-0.25, -0.2) is 15.0 Å². The molecular weight excluding hydrogens is 408 g/mol. The highest BCUT2D eigenvalue weighted by Gasteiger charge is 2.65. The van der Waals surface area contributed by atoms with Crippen molar-refractivity contribution in [3.8, 4) is 0 Å². The van der Waals surface area contributed by atoms with E-state index in [2.05, 4.69) is 15.0 Å². The van der Waals surface area contributed by atoms with E-state index in [9.17, 15) is 5.11 Å². The van der Waals surface area contributed by atoms with Gasteiger partial charge in [0.1, 0.15) is 17.4 Å². The van der Waals surface area contributed by atoms with Crippen LogP contribution in [0.4, 0.5) is 0 Å². The summed E-state index contributed by atoms with van der Waals surface area (Å²) in [6.07, 6.45) is 2.36. The number of aliphatic hydroxyl groups is 1. The number of rotatable bonds is 5. The van der Waals surface area contributed by atoms with Gasteiger partial charge in [-0.2, -0.15) is 0 Å². The van der Waals surface area contributed by atoms with E-state index >= 15 is 0 Å². The Morgan fingerprint density at radius 3 is 2.83 bits per heavy atom. The highest BCUT2D eigenvalue weighted by Crippen LogP contribution is 2.52. The molecule has 0 amide bonds. The molecular formula is C21H23ClN4O4. The molecule has 2 fully saturated rings. The second-order valence-electron chi connectivity index (χ2n) is 8.28. The fourth-order valence-electron chi connectivity index (χ4n) is 4.72. The zero-order valence-electron chi connectivity index (χ0n) is 16.7. The molecule has 0 spiro atoms. The molecule has 4 atom stereocenters. The number of aromatic nitrogens is 4.